The number of aryl methyl sites for hydroxylation is 1. The molecule has 246 valence electrons. The number of fused-ring (bicyclic) bond motifs is 6. The van der Waals surface area contributed by atoms with Gasteiger partial charge in [-0.3, -0.25) is 0 Å². The zero-order chi connectivity index (χ0) is 38.1. The SMILES string of the molecule is [2H]c1c([2H])c(N(c2ccc(C)cc2)c2ccc3c(c2)C(c2ccccc2)(c2ccccc2)c2ccccc2-3)c([2H])c([2H])c1-c1cccc2c1oc1ccccc12. The second kappa shape index (κ2) is 12.0. The number of para-hydroxylation sites is 2. The third kappa shape index (κ3) is 4.58. The Bertz CT molecular complexity index is 2900. The van der Waals surface area contributed by atoms with E-state index in [4.69, 9.17) is 4.42 Å². The smallest absolute Gasteiger partial charge is 0.143 e. The molecule has 2 heteroatoms. The molecular weight excluding hydrogens is 631 g/mol. The molecule has 0 saturated heterocycles. The van der Waals surface area contributed by atoms with Crippen molar-refractivity contribution in [3.05, 3.63) is 222 Å². The van der Waals surface area contributed by atoms with E-state index >= 15 is 0 Å². The average molecular weight is 670 g/mol. The monoisotopic (exact) mass is 669 g/mol. The molecule has 0 saturated carbocycles. The Labute approximate surface area is 309 Å². The van der Waals surface area contributed by atoms with Gasteiger partial charge in [-0.2, -0.15) is 0 Å². The third-order valence-electron chi connectivity index (χ3n) is 10.5. The number of anilines is 3. The van der Waals surface area contributed by atoms with E-state index in [-0.39, 0.29) is 35.4 Å². The molecule has 0 radical (unpaired) electrons. The van der Waals surface area contributed by atoms with E-state index in [0.29, 0.717) is 16.7 Å². The van der Waals surface area contributed by atoms with Crippen LogP contribution in [-0.4, -0.2) is 0 Å². The summed E-state index contributed by atoms with van der Waals surface area (Å²) >= 11 is 0. The van der Waals surface area contributed by atoms with Crippen molar-refractivity contribution in [3.63, 3.8) is 0 Å². The molecule has 0 unspecified atom stereocenters. The van der Waals surface area contributed by atoms with Crippen molar-refractivity contribution in [1.82, 2.24) is 0 Å². The van der Waals surface area contributed by atoms with Gasteiger partial charge in [-0.05, 0) is 88.3 Å². The fraction of sp³-hybridized carbons (Fsp3) is 0.0400. The normalized spacial score (nSPS) is 13.9. The van der Waals surface area contributed by atoms with Crippen molar-refractivity contribution in [2.24, 2.45) is 0 Å². The lowest BCUT2D eigenvalue weighted by molar-refractivity contribution is 0.670. The first kappa shape index (κ1) is 26.2. The first-order valence-corrected chi connectivity index (χ1v) is 17.6. The summed E-state index contributed by atoms with van der Waals surface area (Å²) in [6.45, 7) is 2.03. The Morgan fingerprint density at radius 2 is 1.08 bits per heavy atom. The Morgan fingerprint density at radius 1 is 0.481 bits per heavy atom. The van der Waals surface area contributed by atoms with Gasteiger partial charge >= 0.3 is 0 Å². The molecule has 1 aliphatic rings. The Hall–Kier alpha value is -6.64. The highest BCUT2D eigenvalue weighted by atomic mass is 16.3. The lowest BCUT2D eigenvalue weighted by Gasteiger charge is -2.35. The summed E-state index contributed by atoms with van der Waals surface area (Å²) < 4.78 is 44.6. The summed E-state index contributed by atoms with van der Waals surface area (Å²) in [7, 11) is 0. The van der Waals surface area contributed by atoms with Gasteiger partial charge in [0, 0.05) is 33.4 Å². The Morgan fingerprint density at radius 3 is 1.83 bits per heavy atom. The number of hydrogen-bond acceptors (Lipinski definition) is 2. The number of rotatable bonds is 6. The van der Waals surface area contributed by atoms with E-state index in [9.17, 15) is 5.48 Å². The van der Waals surface area contributed by atoms with Crippen molar-refractivity contribution < 1.29 is 9.90 Å². The van der Waals surface area contributed by atoms with E-state index in [2.05, 4.69) is 84.9 Å². The van der Waals surface area contributed by atoms with Gasteiger partial charge in [0.25, 0.3) is 0 Å². The van der Waals surface area contributed by atoms with Gasteiger partial charge in [-0.15, -0.1) is 0 Å². The molecule has 0 bridgehead atoms. The fourth-order valence-corrected chi connectivity index (χ4v) is 8.17. The van der Waals surface area contributed by atoms with Crippen molar-refractivity contribution in [2.45, 2.75) is 12.3 Å². The predicted molar refractivity (Wildman–Crippen MR) is 216 cm³/mol. The second-order valence-electron chi connectivity index (χ2n) is 13.4. The lowest BCUT2D eigenvalue weighted by atomic mass is 9.67. The second-order valence-corrected chi connectivity index (χ2v) is 13.4. The van der Waals surface area contributed by atoms with Gasteiger partial charge < -0.3 is 9.32 Å². The number of hydrogen-bond donors (Lipinski definition) is 0. The van der Waals surface area contributed by atoms with Crippen LogP contribution in [0.5, 0.6) is 0 Å². The summed E-state index contributed by atoms with van der Waals surface area (Å²) in [5.41, 5.74) is 10.8. The summed E-state index contributed by atoms with van der Waals surface area (Å²) in [5.74, 6) is 0. The molecule has 10 rings (SSSR count). The highest BCUT2D eigenvalue weighted by Crippen LogP contribution is 2.57. The summed E-state index contributed by atoms with van der Waals surface area (Å²) in [4.78, 5) is 1.88. The van der Waals surface area contributed by atoms with Crippen molar-refractivity contribution in [2.75, 3.05) is 4.90 Å². The van der Waals surface area contributed by atoms with Crippen LogP contribution < -0.4 is 4.90 Å². The number of nitrogens with zero attached hydrogens (tertiary/aromatic N) is 1. The maximum Gasteiger partial charge on any atom is 0.143 e. The molecule has 0 N–H and O–H groups in total. The molecule has 8 aromatic carbocycles. The third-order valence-corrected chi connectivity index (χ3v) is 10.5. The molecule has 0 amide bonds. The average Bonchev–Trinajstić information content (AvgIpc) is 3.77. The van der Waals surface area contributed by atoms with Crippen LogP contribution in [0.2, 0.25) is 0 Å². The van der Waals surface area contributed by atoms with E-state index in [1.54, 1.807) is 0 Å². The van der Waals surface area contributed by atoms with Crippen LogP contribution in [0.25, 0.3) is 44.2 Å². The van der Waals surface area contributed by atoms with Gasteiger partial charge in [0.2, 0.25) is 0 Å². The summed E-state index contributed by atoms with van der Waals surface area (Å²) in [6, 6.07) is 57.0. The molecular formula is C50H35NO. The molecule has 0 aliphatic heterocycles. The van der Waals surface area contributed by atoms with Crippen LogP contribution in [-0.2, 0) is 5.41 Å². The lowest BCUT2D eigenvalue weighted by Crippen LogP contribution is -2.28. The molecule has 0 fully saturated rings. The van der Waals surface area contributed by atoms with Crippen LogP contribution in [0.15, 0.2) is 198 Å². The minimum absolute atomic E-state index is 0.137. The maximum atomic E-state index is 9.65. The van der Waals surface area contributed by atoms with E-state index in [1.165, 1.54) is 5.56 Å². The molecule has 9 aromatic rings. The molecule has 1 heterocycles. The summed E-state index contributed by atoms with van der Waals surface area (Å²) in [6.07, 6.45) is 0. The van der Waals surface area contributed by atoms with Gasteiger partial charge in [0.05, 0.1) is 10.9 Å². The first-order valence-electron chi connectivity index (χ1n) is 19.6. The molecule has 52 heavy (non-hydrogen) atoms. The standard InChI is InChI=1S/C50H35NO/c1-34-23-27-38(28-24-34)51(39-29-25-35(26-30-39)41-19-12-20-45-44-18-9-11-22-48(44)52-49(41)45)40-31-32-43-42-17-8-10-21-46(42)50(47(43)33-40,36-13-4-2-5-14-36)37-15-6-3-7-16-37/h2-33H,1H3/i25D,26D,29D,30D. The minimum atomic E-state index is -0.659. The van der Waals surface area contributed by atoms with E-state index in [1.807, 2.05) is 96.8 Å². The van der Waals surface area contributed by atoms with Crippen molar-refractivity contribution >= 4 is 39.0 Å². The van der Waals surface area contributed by atoms with Crippen LogP contribution in [0, 0.1) is 6.92 Å². The van der Waals surface area contributed by atoms with Crippen molar-refractivity contribution in [1.29, 1.82) is 0 Å². The Balaban J connectivity index is 1.24. The van der Waals surface area contributed by atoms with Crippen LogP contribution in [0.3, 0.4) is 0 Å². The molecule has 1 aromatic heterocycles. The molecule has 0 spiro atoms. The zero-order valence-corrected chi connectivity index (χ0v) is 28.5. The Kier molecular flexibility index (Phi) is 6.05. The highest BCUT2D eigenvalue weighted by Gasteiger charge is 2.46. The predicted octanol–water partition coefficient (Wildman–Crippen LogP) is 13.4. The van der Waals surface area contributed by atoms with Gasteiger partial charge in [0.15, 0.2) is 0 Å². The van der Waals surface area contributed by atoms with Crippen LogP contribution >= 0.6 is 0 Å². The van der Waals surface area contributed by atoms with Crippen LogP contribution in [0.1, 0.15) is 33.3 Å². The molecule has 1 aliphatic carbocycles. The van der Waals surface area contributed by atoms with Gasteiger partial charge in [0.1, 0.15) is 11.2 Å². The molecule has 2 nitrogen and oxygen atoms in total. The number of furan rings is 1. The highest BCUT2D eigenvalue weighted by molar-refractivity contribution is 6.09. The summed E-state index contributed by atoms with van der Waals surface area (Å²) in [5, 5.41) is 1.79. The van der Waals surface area contributed by atoms with E-state index < -0.39 is 5.41 Å². The van der Waals surface area contributed by atoms with Gasteiger partial charge in [-0.1, -0.05) is 157 Å². The zero-order valence-electron chi connectivity index (χ0n) is 32.5. The largest absolute Gasteiger partial charge is 0.455 e. The topological polar surface area (TPSA) is 16.4 Å². The fourth-order valence-electron chi connectivity index (χ4n) is 8.17. The quantitative estimate of drug-likeness (QED) is 0.175. The van der Waals surface area contributed by atoms with Gasteiger partial charge in [-0.25, -0.2) is 0 Å². The first-order chi connectivity index (χ1) is 27.4. The minimum Gasteiger partial charge on any atom is -0.455 e. The van der Waals surface area contributed by atoms with Crippen LogP contribution in [0.4, 0.5) is 17.1 Å². The molecule has 0 atom stereocenters. The maximum absolute atomic E-state index is 9.65. The van der Waals surface area contributed by atoms with Crippen molar-refractivity contribution in [3.8, 4) is 22.3 Å². The number of benzene rings is 8. The van der Waals surface area contributed by atoms with E-state index in [0.717, 1.165) is 55.5 Å².